The van der Waals surface area contributed by atoms with Gasteiger partial charge in [-0.2, -0.15) is 0 Å². The highest BCUT2D eigenvalue weighted by molar-refractivity contribution is 6.74. The molecule has 0 saturated carbocycles. The second kappa shape index (κ2) is 6.97. The topological polar surface area (TPSA) is 44.8 Å². The van der Waals surface area contributed by atoms with Crippen LogP contribution in [0.25, 0.3) is 0 Å². The minimum absolute atomic E-state index is 0.114. The molecular formula is C21H38O4Si. The van der Waals surface area contributed by atoms with Gasteiger partial charge in [0, 0.05) is 6.42 Å². The fraction of sp³-hybridized carbons (Fsp3) is 0.857. The summed E-state index contributed by atoms with van der Waals surface area (Å²) in [7, 11) is -1.86. The van der Waals surface area contributed by atoms with Crippen molar-refractivity contribution in [2.45, 2.75) is 116 Å². The summed E-state index contributed by atoms with van der Waals surface area (Å²) in [4.78, 5) is 12.7. The predicted octanol–water partition coefficient (Wildman–Crippen LogP) is 5.73. The van der Waals surface area contributed by atoms with E-state index in [0.717, 1.165) is 31.4 Å². The van der Waals surface area contributed by atoms with Gasteiger partial charge < -0.3 is 13.9 Å². The quantitative estimate of drug-likeness (QED) is 0.462. The molecule has 0 radical (unpaired) electrons. The maximum atomic E-state index is 12.7. The number of fused-ring (bicyclic) bond motifs is 2. The molecule has 0 unspecified atom stereocenters. The largest absolute Gasteiger partial charge is 0.491 e. The Morgan fingerprint density at radius 3 is 2.31 bits per heavy atom. The van der Waals surface area contributed by atoms with Crippen molar-refractivity contribution in [3.63, 3.8) is 0 Å². The minimum Gasteiger partial charge on any atom is -0.491 e. The van der Waals surface area contributed by atoms with Crippen LogP contribution >= 0.6 is 0 Å². The first-order valence-corrected chi connectivity index (χ1v) is 12.8. The van der Waals surface area contributed by atoms with E-state index in [1.54, 1.807) is 0 Å². The highest BCUT2D eigenvalue weighted by Gasteiger charge is 2.44. The number of carbonyl (C=O) groups is 1. The van der Waals surface area contributed by atoms with Gasteiger partial charge in [0.1, 0.15) is 17.0 Å². The highest BCUT2D eigenvalue weighted by Crippen LogP contribution is 2.44. The number of carbonyl (C=O) groups excluding carboxylic acids is 1. The van der Waals surface area contributed by atoms with Gasteiger partial charge in [-0.05, 0) is 71.5 Å². The fourth-order valence-electron chi connectivity index (χ4n) is 3.30. The van der Waals surface area contributed by atoms with Crippen molar-refractivity contribution in [2.24, 2.45) is 0 Å². The van der Waals surface area contributed by atoms with E-state index >= 15 is 0 Å². The fourth-order valence-corrected chi connectivity index (χ4v) is 4.69. The molecule has 0 aliphatic carbocycles. The lowest BCUT2D eigenvalue weighted by Gasteiger charge is -2.39. The van der Waals surface area contributed by atoms with Gasteiger partial charge in [0.15, 0.2) is 8.32 Å². The van der Waals surface area contributed by atoms with E-state index in [1.807, 2.05) is 20.8 Å². The molecule has 26 heavy (non-hydrogen) atoms. The average molecular weight is 383 g/mol. The number of ether oxygens (including phenoxy) is 2. The van der Waals surface area contributed by atoms with Gasteiger partial charge in [-0.1, -0.05) is 20.8 Å². The lowest BCUT2D eigenvalue weighted by Crippen LogP contribution is -2.44. The Hall–Kier alpha value is -0.813. The highest BCUT2D eigenvalue weighted by atomic mass is 28.4. The molecular weight excluding hydrogens is 344 g/mol. The van der Waals surface area contributed by atoms with Crippen LogP contribution in [-0.4, -0.2) is 31.6 Å². The van der Waals surface area contributed by atoms with Crippen molar-refractivity contribution < 1.29 is 18.7 Å². The summed E-state index contributed by atoms with van der Waals surface area (Å²) in [5.74, 6) is 0.566. The first kappa shape index (κ1) is 21.5. The zero-order valence-electron chi connectivity index (χ0n) is 18.2. The molecule has 2 heterocycles. The molecule has 0 spiro atoms. The van der Waals surface area contributed by atoms with Gasteiger partial charge in [0.05, 0.1) is 11.7 Å². The third kappa shape index (κ3) is 5.13. The molecule has 0 N–H and O–H groups in total. The standard InChI is InChI=1S/C21H38O4Si/c1-19(2,3)24-18(22)16-11-13-21(7)12-10-15(14-17(16)23-21)25-26(8,9)20(4,5)6/h15H,10-14H2,1-9H3/t15-,21+/m0/s1. The van der Waals surface area contributed by atoms with E-state index in [0.29, 0.717) is 12.0 Å². The Balaban J connectivity index is 2.26. The van der Waals surface area contributed by atoms with E-state index in [9.17, 15) is 4.79 Å². The Morgan fingerprint density at radius 2 is 1.77 bits per heavy atom. The van der Waals surface area contributed by atoms with Crippen LogP contribution in [-0.2, 0) is 18.7 Å². The number of hydrogen-bond acceptors (Lipinski definition) is 4. The third-order valence-corrected chi connectivity index (χ3v) is 10.5. The number of esters is 1. The summed E-state index contributed by atoms with van der Waals surface area (Å²) < 4.78 is 18.6. The molecule has 2 atom stereocenters. The normalized spacial score (nSPS) is 27.7. The molecule has 1 fully saturated rings. The molecule has 0 amide bonds. The van der Waals surface area contributed by atoms with Crippen LogP contribution in [0.4, 0.5) is 0 Å². The van der Waals surface area contributed by atoms with Crippen LogP contribution in [0.3, 0.4) is 0 Å². The zero-order valence-corrected chi connectivity index (χ0v) is 19.2. The summed E-state index contributed by atoms with van der Waals surface area (Å²) >= 11 is 0. The lowest BCUT2D eigenvalue weighted by atomic mass is 9.90. The number of rotatable bonds is 3. The summed E-state index contributed by atoms with van der Waals surface area (Å²) in [6.45, 7) is 19.2. The van der Waals surface area contributed by atoms with Crippen molar-refractivity contribution in [3.05, 3.63) is 11.3 Å². The summed E-state index contributed by atoms with van der Waals surface area (Å²) in [5, 5.41) is 0.168. The van der Waals surface area contributed by atoms with Crippen LogP contribution in [0.15, 0.2) is 11.3 Å². The molecule has 0 aromatic carbocycles. The Bertz CT molecular complexity index is 580. The molecule has 0 aromatic rings. The molecule has 2 aliphatic rings. The van der Waals surface area contributed by atoms with Crippen LogP contribution in [0.1, 0.15) is 80.6 Å². The molecule has 2 aliphatic heterocycles. The molecule has 1 saturated heterocycles. The van der Waals surface area contributed by atoms with Crippen LogP contribution in [0, 0.1) is 0 Å². The van der Waals surface area contributed by atoms with Crippen LogP contribution in [0.2, 0.25) is 18.1 Å². The van der Waals surface area contributed by atoms with Crippen LogP contribution < -0.4 is 0 Å². The second-order valence-electron chi connectivity index (χ2n) is 10.7. The Kier molecular flexibility index (Phi) is 5.76. The molecule has 2 bridgehead atoms. The van der Waals surface area contributed by atoms with Crippen molar-refractivity contribution in [1.29, 1.82) is 0 Å². The zero-order chi connectivity index (χ0) is 20.0. The first-order chi connectivity index (χ1) is 11.6. The SMILES string of the molecule is CC(C)(C)OC(=O)C1=C2C[C@@H](O[Si](C)(C)C(C)(C)C)CC[C@](C)(CC1)O2. The van der Waals surface area contributed by atoms with Crippen molar-refractivity contribution in [1.82, 2.24) is 0 Å². The smallest absolute Gasteiger partial charge is 0.337 e. The van der Waals surface area contributed by atoms with Gasteiger partial charge in [-0.25, -0.2) is 4.79 Å². The van der Waals surface area contributed by atoms with E-state index in [4.69, 9.17) is 13.9 Å². The average Bonchev–Trinajstić information content (AvgIpc) is 2.52. The first-order valence-electron chi connectivity index (χ1n) is 9.94. The van der Waals surface area contributed by atoms with Gasteiger partial charge in [0.2, 0.25) is 0 Å². The van der Waals surface area contributed by atoms with Gasteiger partial charge in [-0.15, -0.1) is 0 Å². The Morgan fingerprint density at radius 1 is 1.15 bits per heavy atom. The van der Waals surface area contributed by atoms with Gasteiger partial charge >= 0.3 is 5.97 Å². The monoisotopic (exact) mass is 382 g/mol. The summed E-state index contributed by atoms with van der Waals surface area (Å²) in [6, 6.07) is 0. The van der Waals surface area contributed by atoms with Crippen molar-refractivity contribution in [3.8, 4) is 0 Å². The third-order valence-electron chi connectivity index (χ3n) is 5.93. The summed E-state index contributed by atoms with van der Waals surface area (Å²) in [6.07, 6.45) is 4.33. The Labute approximate surface area is 160 Å². The number of hydrogen-bond donors (Lipinski definition) is 0. The summed E-state index contributed by atoms with van der Waals surface area (Å²) in [5.41, 5.74) is 0.0302. The van der Waals surface area contributed by atoms with Gasteiger partial charge in [0.25, 0.3) is 0 Å². The molecule has 0 aromatic heterocycles. The maximum Gasteiger partial charge on any atom is 0.337 e. The molecule has 5 heteroatoms. The lowest BCUT2D eigenvalue weighted by molar-refractivity contribution is -0.151. The van der Waals surface area contributed by atoms with E-state index < -0.39 is 13.9 Å². The molecule has 4 nitrogen and oxygen atoms in total. The van der Waals surface area contributed by atoms with E-state index in [2.05, 4.69) is 40.8 Å². The van der Waals surface area contributed by atoms with Crippen LogP contribution in [0.5, 0.6) is 0 Å². The maximum absolute atomic E-state index is 12.7. The van der Waals surface area contributed by atoms with E-state index in [-0.39, 0.29) is 22.7 Å². The van der Waals surface area contributed by atoms with Gasteiger partial charge in [-0.3, -0.25) is 0 Å². The van der Waals surface area contributed by atoms with Crippen molar-refractivity contribution >= 4 is 14.3 Å². The minimum atomic E-state index is -1.86. The second-order valence-corrected chi connectivity index (χ2v) is 15.5. The van der Waals surface area contributed by atoms with Crippen molar-refractivity contribution in [2.75, 3.05) is 0 Å². The molecule has 150 valence electrons. The van der Waals surface area contributed by atoms with E-state index in [1.165, 1.54) is 0 Å². The predicted molar refractivity (Wildman–Crippen MR) is 108 cm³/mol. The molecule has 2 rings (SSSR count).